The number of hydrogen-bond donors (Lipinski definition) is 0. The van der Waals surface area contributed by atoms with Gasteiger partial charge in [0.25, 0.3) is 0 Å². The number of rotatable bonds is 3. The average Bonchev–Trinajstić information content (AvgIpc) is 2.75. The zero-order valence-electron chi connectivity index (χ0n) is 12.2. The maximum absolute atomic E-state index is 12.7. The van der Waals surface area contributed by atoms with Gasteiger partial charge in [0.2, 0.25) is 5.91 Å². The van der Waals surface area contributed by atoms with E-state index in [0.29, 0.717) is 25.1 Å². The number of carbonyl (C=O) groups is 1. The van der Waals surface area contributed by atoms with Crippen molar-refractivity contribution in [2.75, 3.05) is 13.1 Å². The topological polar surface area (TPSA) is 46.3 Å². The fourth-order valence-electron chi connectivity index (χ4n) is 2.72. The summed E-state index contributed by atoms with van der Waals surface area (Å²) in [6, 6.07) is 0. The zero-order valence-corrected chi connectivity index (χ0v) is 12.2. The van der Waals surface area contributed by atoms with Crippen LogP contribution in [0.1, 0.15) is 36.3 Å². The number of halogens is 3. The molecule has 2 heterocycles. The molecule has 0 N–H and O–H groups in total. The molecule has 2 rings (SSSR count). The molecule has 0 aromatic carbocycles. The standard InChI is InChI=1S/C14H19F3N2O2/c1-9-12(10(2)21-18-9)5-6-13(20)19-7-3-4-11(8-19)14(15,16)17/h11H,3-8H2,1-2H3/t11-/m0/s1. The smallest absolute Gasteiger partial charge is 0.361 e. The first-order valence-corrected chi connectivity index (χ1v) is 7.05. The summed E-state index contributed by atoms with van der Waals surface area (Å²) < 4.78 is 43.2. The number of hydrogen-bond acceptors (Lipinski definition) is 3. The van der Waals surface area contributed by atoms with Crippen molar-refractivity contribution in [3.63, 3.8) is 0 Å². The van der Waals surface area contributed by atoms with Gasteiger partial charge < -0.3 is 9.42 Å². The summed E-state index contributed by atoms with van der Waals surface area (Å²) >= 11 is 0. The number of nitrogens with zero attached hydrogens (tertiary/aromatic N) is 2. The van der Waals surface area contributed by atoms with Gasteiger partial charge in [-0.1, -0.05) is 5.16 Å². The number of amides is 1. The highest BCUT2D eigenvalue weighted by Gasteiger charge is 2.42. The van der Waals surface area contributed by atoms with Crippen molar-refractivity contribution < 1.29 is 22.5 Å². The van der Waals surface area contributed by atoms with Gasteiger partial charge in [-0.15, -0.1) is 0 Å². The molecule has 118 valence electrons. The lowest BCUT2D eigenvalue weighted by atomic mass is 9.97. The summed E-state index contributed by atoms with van der Waals surface area (Å²) in [5.41, 5.74) is 1.60. The molecule has 1 saturated heterocycles. The van der Waals surface area contributed by atoms with Gasteiger partial charge in [0, 0.05) is 25.1 Å². The maximum Gasteiger partial charge on any atom is 0.393 e. The van der Waals surface area contributed by atoms with Crippen LogP contribution in [-0.4, -0.2) is 35.2 Å². The van der Waals surface area contributed by atoms with E-state index in [-0.39, 0.29) is 25.3 Å². The molecule has 21 heavy (non-hydrogen) atoms. The molecule has 0 radical (unpaired) electrons. The predicted octanol–water partition coefficient (Wildman–Crippen LogP) is 3.02. The van der Waals surface area contributed by atoms with Crippen molar-refractivity contribution in [3.8, 4) is 0 Å². The Hall–Kier alpha value is -1.53. The highest BCUT2D eigenvalue weighted by molar-refractivity contribution is 5.76. The quantitative estimate of drug-likeness (QED) is 0.862. The molecule has 1 aliphatic rings. The summed E-state index contributed by atoms with van der Waals surface area (Å²) in [6.07, 6.45) is -3.07. The van der Waals surface area contributed by atoms with E-state index in [1.807, 2.05) is 0 Å². The Morgan fingerprint density at radius 1 is 1.43 bits per heavy atom. The summed E-state index contributed by atoms with van der Waals surface area (Å²) in [6.45, 7) is 3.74. The number of carbonyl (C=O) groups excluding carboxylic acids is 1. The molecule has 1 aromatic rings. The van der Waals surface area contributed by atoms with Crippen LogP contribution in [0, 0.1) is 19.8 Å². The molecule has 7 heteroatoms. The number of alkyl halides is 3. The monoisotopic (exact) mass is 304 g/mol. The molecule has 4 nitrogen and oxygen atoms in total. The zero-order chi connectivity index (χ0) is 15.6. The van der Waals surface area contributed by atoms with E-state index in [0.717, 1.165) is 11.3 Å². The fourth-order valence-corrected chi connectivity index (χ4v) is 2.72. The van der Waals surface area contributed by atoms with Crippen LogP contribution >= 0.6 is 0 Å². The van der Waals surface area contributed by atoms with Crippen molar-refractivity contribution in [2.45, 2.75) is 45.7 Å². The second-order valence-corrected chi connectivity index (χ2v) is 5.52. The van der Waals surface area contributed by atoms with Crippen molar-refractivity contribution in [3.05, 3.63) is 17.0 Å². The minimum absolute atomic E-state index is 0.108. The van der Waals surface area contributed by atoms with E-state index in [2.05, 4.69) is 5.16 Å². The Morgan fingerprint density at radius 3 is 2.71 bits per heavy atom. The Labute approximate surface area is 121 Å². The molecule has 1 aromatic heterocycles. The number of likely N-dealkylation sites (tertiary alicyclic amines) is 1. The number of piperidine rings is 1. The molecule has 0 unspecified atom stereocenters. The van der Waals surface area contributed by atoms with E-state index in [1.165, 1.54) is 4.90 Å². The Bertz CT molecular complexity index is 491. The van der Waals surface area contributed by atoms with Gasteiger partial charge in [-0.05, 0) is 33.1 Å². The highest BCUT2D eigenvalue weighted by Crippen LogP contribution is 2.33. The second-order valence-electron chi connectivity index (χ2n) is 5.52. The molecule has 0 saturated carbocycles. The summed E-state index contributed by atoms with van der Waals surface area (Å²) in [5.74, 6) is -0.967. The van der Waals surface area contributed by atoms with Gasteiger partial charge >= 0.3 is 6.18 Å². The number of aromatic nitrogens is 1. The first-order chi connectivity index (χ1) is 9.79. The van der Waals surface area contributed by atoms with Gasteiger partial charge in [0.1, 0.15) is 5.76 Å². The van der Waals surface area contributed by atoms with Crippen molar-refractivity contribution in [2.24, 2.45) is 5.92 Å². The van der Waals surface area contributed by atoms with Crippen molar-refractivity contribution in [1.82, 2.24) is 10.1 Å². The first-order valence-electron chi connectivity index (χ1n) is 7.05. The molecule has 1 fully saturated rings. The molecular formula is C14H19F3N2O2. The normalized spacial score (nSPS) is 19.9. The largest absolute Gasteiger partial charge is 0.393 e. The predicted molar refractivity (Wildman–Crippen MR) is 69.7 cm³/mol. The van der Waals surface area contributed by atoms with E-state index in [1.54, 1.807) is 13.8 Å². The lowest BCUT2D eigenvalue weighted by molar-refractivity contribution is -0.188. The summed E-state index contributed by atoms with van der Waals surface area (Å²) in [7, 11) is 0. The minimum Gasteiger partial charge on any atom is -0.361 e. The highest BCUT2D eigenvalue weighted by atomic mass is 19.4. The molecule has 1 aliphatic heterocycles. The third-order valence-corrected chi connectivity index (χ3v) is 4.01. The van der Waals surface area contributed by atoms with Crippen LogP contribution < -0.4 is 0 Å². The molecular weight excluding hydrogens is 285 g/mol. The maximum atomic E-state index is 12.7. The van der Waals surface area contributed by atoms with E-state index in [4.69, 9.17) is 4.52 Å². The first kappa shape index (κ1) is 15.9. The van der Waals surface area contributed by atoms with Gasteiger partial charge in [-0.25, -0.2) is 0 Å². The molecule has 1 atom stereocenters. The Kier molecular flexibility index (Phi) is 4.58. The van der Waals surface area contributed by atoms with Crippen LogP contribution in [0.5, 0.6) is 0 Å². The van der Waals surface area contributed by atoms with Crippen molar-refractivity contribution in [1.29, 1.82) is 0 Å². The Morgan fingerprint density at radius 2 is 2.14 bits per heavy atom. The molecule has 0 aliphatic carbocycles. The van der Waals surface area contributed by atoms with E-state index < -0.39 is 12.1 Å². The third-order valence-electron chi connectivity index (χ3n) is 4.01. The molecule has 0 bridgehead atoms. The van der Waals surface area contributed by atoms with Gasteiger partial charge in [0.05, 0.1) is 11.6 Å². The van der Waals surface area contributed by atoms with Crippen LogP contribution in [-0.2, 0) is 11.2 Å². The lowest BCUT2D eigenvalue weighted by Gasteiger charge is -2.33. The van der Waals surface area contributed by atoms with Crippen LogP contribution in [0.3, 0.4) is 0 Å². The van der Waals surface area contributed by atoms with E-state index >= 15 is 0 Å². The fraction of sp³-hybridized carbons (Fsp3) is 0.714. The van der Waals surface area contributed by atoms with Crippen LogP contribution in [0.2, 0.25) is 0 Å². The minimum atomic E-state index is -4.22. The molecule has 0 spiro atoms. The van der Waals surface area contributed by atoms with Crippen LogP contribution in [0.4, 0.5) is 13.2 Å². The van der Waals surface area contributed by atoms with Crippen LogP contribution in [0.25, 0.3) is 0 Å². The van der Waals surface area contributed by atoms with Gasteiger partial charge in [-0.3, -0.25) is 4.79 Å². The average molecular weight is 304 g/mol. The third kappa shape index (κ3) is 3.77. The summed E-state index contributed by atoms with van der Waals surface area (Å²) in [4.78, 5) is 13.4. The van der Waals surface area contributed by atoms with E-state index in [9.17, 15) is 18.0 Å². The molecule has 1 amide bonds. The Balaban J connectivity index is 1.91. The lowest BCUT2D eigenvalue weighted by Crippen LogP contribution is -2.44. The summed E-state index contributed by atoms with van der Waals surface area (Å²) in [5, 5.41) is 3.80. The SMILES string of the molecule is Cc1noc(C)c1CCC(=O)N1CCC[C@H](C(F)(F)F)C1. The second kappa shape index (κ2) is 6.07. The number of aryl methyl sites for hydroxylation is 2. The van der Waals surface area contributed by atoms with Crippen LogP contribution in [0.15, 0.2) is 4.52 Å². The van der Waals surface area contributed by atoms with Gasteiger partial charge in [0.15, 0.2) is 0 Å². The van der Waals surface area contributed by atoms with Gasteiger partial charge in [-0.2, -0.15) is 13.2 Å². The van der Waals surface area contributed by atoms with Crippen molar-refractivity contribution >= 4 is 5.91 Å².